The van der Waals surface area contributed by atoms with Gasteiger partial charge < -0.3 is 20.1 Å². The number of aliphatic hydroxyl groups excluding tert-OH is 1. The van der Waals surface area contributed by atoms with Gasteiger partial charge in [0.1, 0.15) is 5.82 Å². The normalized spacial score (nSPS) is 20.4. The fourth-order valence-electron chi connectivity index (χ4n) is 2.63. The van der Waals surface area contributed by atoms with Crippen molar-refractivity contribution in [3.8, 4) is 0 Å². The van der Waals surface area contributed by atoms with Crippen molar-refractivity contribution in [1.82, 2.24) is 10.2 Å². The van der Waals surface area contributed by atoms with Crippen LogP contribution in [-0.2, 0) is 17.9 Å². The predicted molar refractivity (Wildman–Crippen MR) is 81.1 cm³/mol. The average Bonchev–Trinajstić information content (AvgIpc) is 2.50. The van der Waals surface area contributed by atoms with Gasteiger partial charge in [0.25, 0.3) is 0 Å². The highest BCUT2D eigenvalue weighted by Gasteiger charge is 2.49. The van der Waals surface area contributed by atoms with Gasteiger partial charge in [0.2, 0.25) is 0 Å². The first-order valence-corrected chi connectivity index (χ1v) is 7.67. The van der Waals surface area contributed by atoms with Crippen molar-refractivity contribution in [3.05, 3.63) is 35.1 Å². The largest absolute Gasteiger partial charge is 0.416 e. The van der Waals surface area contributed by atoms with Crippen molar-refractivity contribution in [2.75, 3.05) is 13.1 Å². The van der Waals surface area contributed by atoms with Gasteiger partial charge in [-0.25, -0.2) is 9.18 Å². The van der Waals surface area contributed by atoms with Crippen molar-refractivity contribution >= 4 is 6.03 Å². The molecule has 25 heavy (non-hydrogen) atoms. The smallest absolute Gasteiger partial charge is 0.392 e. The Kier molecular flexibility index (Phi) is 5.58. The van der Waals surface area contributed by atoms with E-state index in [1.165, 1.54) is 26.0 Å². The van der Waals surface area contributed by atoms with Crippen molar-refractivity contribution in [3.63, 3.8) is 0 Å². The summed E-state index contributed by atoms with van der Waals surface area (Å²) in [6.07, 6.45) is -6.62. The number of amides is 2. The molecule has 1 aromatic rings. The zero-order valence-electron chi connectivity index (χ0n) is 13.9. The monoisotopic (exact) mass is 364 g/mol. The maximum Gasteiger partial charge on any atom is 0.416 e. The molecule has 2 N–H and O–H groups in total. The standard InChI is InChI=1S/C16H20F4N2O3/c1-15(2)9-22(7-13(25-15)16(18,19)20)14(24)21-6-10-3-4-11(8-23)12(17)5-10/h3-5,13,23H,6-9H2,1-2H3,(H,21,24). The Balaban J connectivity index is 2.01. The van der Waals surface area contributed by atoms with E-state index in [-0.39, 0.29) is 18.7 Å². The summed E-state index contributed by atoms with van der Waals surface area (Å²) in [5.74, 6) is -0.612. The number of urea groups is 1. The lowest BCUT2D eigenvalue weighted by Crippen LogP contribution is -2.60. The number of morpholine rings is 1. The van der Waals surface area contributed by atoms with Gasteiger partial charge in [-0.2, -0.15) is 13.2 Å². The van der Waals surface area contributed by atoms with Gasteiger partial charge in [-0.3, -0.25) is 0 Å². The van der Waals surface area contributed by atoms with Gasteiger partial charge in [-0.1, -0.05) is 12.1 Å². The summed E-state index contributed by atoms with van der Waals surface area (Å²) in [7, 11) is 0. The lowest BCUT2D eigenvalue weighted by Gasteiger charge is -2.43. The number of alkyl halides is 3. The van der Waals surface area contributed by atoms with Crippen molar-refractivity contribution in [2.45, 2.75) is 44.9 Å². The Bertz CT molecular complexity index is 634. The highest BCUT2D eigenvalue weighted by molar-refractivity contribution is 5.74. The number of halogens is 4. The fraction of sp³-hybridized carbons (Fsp3) is 0.562. The van der Waals surface area contributed by atoms with Gasteiger partial charge >= 0.3 is 12.2 Å². The zero-order chi connectivity index (χ0) is 18.8. The summed E-state index contributed by atoms with van der Waals surface area (Å²) in [6.45, 7) is 1.87. The molecule has 0 aromatic heterocycles. The van der Waals surface area contributed by atoms with E-state index >= 15 is 0 Å². The van der Waals surface area contributed by atoms with Crippen LogP contribution in [0.25, 0.3) is 0 Å². The molecule has 5 nitrogen and oxygen atoms in total. The topological polar surface area (TPSA) is 61.8 Å². The first kappa shape index (κ1) is 19.5. The maximum atomic E-state index is 13.6. The summed E-state index contributed by atoms with van der Waals surface area (Å²) in [6, 6.07) is 3.39. The highest BCUT2D eigenvalue weighted by atomic mass is 19.4. The van der Waals surface area contributed by atoms with E-state index in [2.05, 4.69) is 5.32 Å². The third kappa shape index (κ3) is 5.05. The molecule has 0 saturated carbocycles. The van der Waals surface area contributed by atoms with Gasteiger partial charge in [-0.05, 0) is 25.5 Å². The molecule has 1 aliphatic heterocycles. The van der Waals surface area contributed by atoms with Crippen LogP contribution in [0, 0.1) is 5.82 Å². The Morgan fingerprint density at radius 2 is 2.12 bits per heavy atom. The van der Waals surface area contributed by atoms with E-state index < -0.39 is 42.9 Å². The van der Waals surface area contributed by atoms with Crippen LogP contribution in [0.5, 0.6) is 0 Å². The Morgan fingerprint density at radius 1 is 1.44 bits per heavy atom. The second-order valence-electron chi connectivity index (χ2n) is 6.53. The van der Waals surface area contributed by atoms with Crippen molar-refractivity contribution < 1.29 is 32.2 Å². The molecular formula is C16H20F4N2O3. The average molecular weight is 364 g/mol. The number of carbonyl (C=O) groups excluding carboxylic acids is 1. The van der Waals surface area contributed by atoms with Gasteiger partial charge in [0.15, 0.2) is 6.10 Å². The van der Waals surface area contributed by atoms with Crippen LogP contribution in [0.1, 0.15) is 25.0 Å². The molecule has 2 rings (SSSR count). The summed E-state index contributed by atoms with van der Waals surface area (Å²) < 4.78 is 57.4. The van der Waals surface area contributed by atoms with Crippen molar-refractivity contribution in [2.24, 2.45) is 0 Å². The molecule has 0 radical (unpaired) electrons. The number of aliphatic hydroxyl groups is 1. The predicted octanol–water partition coefficient (Wildman–Crippen LogP) is 2.57. The van der Waals surface area contributed by atoms with Crippen LogP contribution in [-0.4, -0.2) is 47.0 Å². The zero-order valence-corrected chi connectivity index (χ0v) is 13.9. The van der Waals surface area contributed by atoms with Gasteiger partial charge in [-0.15, -0.1) is 0 Å². The third-order valence-electron chi connectivity index (χ3n) is 3.80. The molecule has 0 bridgehead atoms. The maximum absolute atomic E-state index is 13.6. The van der Waals surface area contributed by atoms with E-state index in [4.69, 9.17) is 9.84 Å². The number of rotatable bonds is 3. The number of carbonyl (C=O) groups is 1. The molecule has 1 aliphatic rings. The first-order valence-electron chi connectivity index (χ1n) is 7.67. The minimum atomic E-state index is -4.57. The molecule has 140 valence electrons. The Morgan fingerprint density at radius 3 is 2.68 bits per heavy atom. The molecular weight excluding hydrogens is 344 g/mol. The molecule has 9 heteroatoms. The van der Waals surface area contributed by atoms with Crippen LogP contribution in [0.4, 0.5) is 22.4 Å². The molecule has 2 amide bonds. The minimum absolute atomic E-state index is 0.00320. The van der Waals surface area contributed by atoms with Gasteiger partial charge in [0, 0.05) is 12.1 Å². The van der Waals surface area contributed by atoms with Crippen LogP contribution >= 0.6 is 0 Å². The SMILES string of the molecule is CC1(C)CN(C(=O)NCc2ccc(CO)c(F)c2)CC(C(F)(F)F)O1. The highest BCUT2D eigenvalue weighted by Crippen LogP contribution is 2.31. The molecule has 1 aromatic carbocycles. The summed E-state index contributed by atoms with van der Waals surface area (Å²) in [5.41, 5.74) is -0.578. The fourth-order valence-corrected chi connectivity index (χ4v) is 2.63. The molecule has 1 saturated heterocycles. The van der Waals surface area contributed by atoms with E-state index in [0.717, 1.165) is 11.0 Å². The lowest BCUT2D eigenvalue weighted by atomic mass is 10.1. The molecule has 1 unspecified atom stereocenters. The van der Waals surface area contributed by atoms with E-state index in [0.29, 0.717) is 5.56 Å². The second kappa shape index (κ2) is 7.17. The van der Waals surface area contributed by atoms with Crippen LogP contribution < -0.4 is 5.32 Å². The first-order chi connectivity index (χ1) is 11.5. The summed E-state index contributed by atoms with van der Waals surface area (Å²) in [4.78, 5) is 13.2. The van der Waals surface area contributed by atoms with Crippen molar-refractivity contribution in [1.29, 1.82) is 0 Å². The summed E-state index contributed by atoms with van der Waals surface area (Å²) >= 11 is 0. The van der Waals surface area contributed by atoms with Crippen LogP contribution in [0.3, 0.4) is 0 Å². The van der Waals surface area contributed by atoms with Crippen LogP contribution in [0.2, 0.25) is 0 Å². The van der Waals surface area contributed by atoms with E-state index in [9.17, 15) is 22.4 Å². The number of benzene rings is 1. The molecule has 1 fully saturated rings. The number of nitrogens with one attached hydrogen (secondary N) is 1. The quantitative estimate of drug-likeness (QED) is 0.811. The Hall–Kier alpha value is -1.87. The number of nitrogens with zero attached hydrogens (tertiary/aromatic N) is 1. The third-order valence-corrected chi connectivity index (χ3v) is 3.80. The van der Waals surface area contributed by atoms with E-state index in [1.54, 1.807) is 0 Å². The molecule has 1 atom stereocenters. The molecule has 0 spiro atoms. The second-order valence-corrected chi connectivity index (χ2v) is 6.53. The number of ether oxygens (including phenoxy) is 1. The number of hydrogen-bond donors (Lipinski definition) is 2. The summed E-state index contributed by atoms with van der Waals surface area (Å²) in [5, 5.41) is 11.4. The van der Waals surface area contributed by atoms with Gasteiger partial charge in [0.05, 0.1) is 25.3 Å². The Labute approximate surface area is 142 Å². The minimum Gasteiger partial charge on any atom is -0.392 e. The van der Waals surface area contributed by atoms with Crippen LogP contribution in [0.15, 0.2) is 18.2 Å². The molecule has 1 heterocycles. The molecule has 0 aliphatic carbocycles. The number of hydrogen-bond acceptors (Lipinski definition) is 3. The van der Waals surface area contributed by atoms with E-state index in [1.807, 2.05) is 0 Å². The lowest BCUT2D eigenvalue weighted by molar-refractivity contribution is -0.267.